The molecule has 0 rings (SSSR count). The van der Waals surface area contributed by atoms with Crippen molar-refractivity contribution in [1.29, 1.82) is 0 Å². The fourth-order valence-electron chi connectivity index (χ4n) is 3.51. The van der Waals surface area contributed by atoms with E-state index in [-0.39, 0.29) is 0 Å². The molecule has 0 fully saturated rings. The third-order valence-corrected chi connectivity index (χ3v) is 4.96. The molecule has 0 aliphatic rings. The van der Waals surface area contributed by atoms with E-state index in [1.807, 2.05) is 6.08 Å². The topological polar surface area (TPSA) is 0 Å². The predicted molar refractivity (Wildman–Crippen MR) is 103 cm³/mol. The van der Waals surface area contributed by atoms with Crippen molar-refractivity contribution < 1.29 is 0 Å². The minimum Gasteiger partial charge on any atom is -0.103 e. The van der Waals surface area contributed by atoms with E-state index in [1.165, 1.54) is 96.3 Å². The highest BCUT2D eigenvalue weighted by molar-refractivity contribution is 4.65. The average molecular weight is 309 g/mol. The lowest BCUT2D eigenvalue weighted by molar-refractivity contribution is 0.357. The Labute approximate surface area is 142 Å². The van der Waals surface area contributed by atoms with Crippen molar-refractivity contribution in [2.45, 2.75) is 117 Å². The van der Waals surface area contributed by atoms with Gasteiger partial charge in [0.05, 0.1) is 0 Å². The third-order valence-electron chi connectivity index (χ3n) is 4.96. The highest BCUT2D eigenvalue weighted by Gasteiger charge is 2.08. The summed E-state index contributed by atoms with van der Waals surface area (Å²) in [6.07, 6.45) is 23.3. The number of hydrogen-bond acceptors (Lipinski definition) is 0. The van der Waals surface area contributed by atoms with Gasteiger partial charge in [-0.05, 0) is 31.1 Å². The average Bonchev–Trinajstić information content (AvgIpc) is 2.49. The second-order valence-corrected chi connectivity index (χ2v) is 7.64. The monoisotopic (exact) mass is 308 g/mol. The van der Waals surface area contributed by atoms with Crippen LogP contribution in [0.15, 0.2) is 12.7 Å². The highest BCUT2D eigenvalue weighted by Crippen LogP contribution is 2.22. The predicted octanol–water partition coefficient (Wildman–Crippen LogP) is 8.32. The molecule has 0 bridgehead atoms. The molecule has 0 aromatic rings. The van der Waals surface area contributed by atoms with Crippen LogP contribution in [0.1, 0.15) is 117 Å². The van der Waals surface area contributed by atoms with Crippen LogP contribution in [0.25, 0.3) is 0 Å². The quantitative estimate of drug-likeness (QED) is 0.187. The molecule has 0 heterocycles. The first-order chi connectivity index (χ1) is 10.7. The molecule has 22 heavy (non-hydrogen) atoms. The summed E-state index contributed by atoms with van der Waals surface area (Å²) < 4.78 is 0. The molecule has 0 aliphatic heterocycles. The van der Waals surface area contributed by atoms with E-state index in [9.17, 15) is 0 Å². The molecule has 0 saturated heterocycles. The minimum atomic E-state index is 0.940. The van der Waals surface area contributed by atoms with Gasteiger partial charge in [0.25, 0.3) is 0 Å². The molecule has 2 unspecified atom stereocenters. The van der Waals surface area contributed by atoms with Crippen LogP contribution in [-0.2, 0) is 0 Å². The molecule has 0 spiro atoms. The molecule has 0 N–H and O–H groups in total. The van der Waals surface area contributed by atoms with Gasteiger partial charge in [0.2, 0.25) is 0 Å². The Morgan fingerprint density at radius 2 is 1.14 bits per heavy atom. The Hall–Kier alpha value is -0.260. The van der Waals surface area contributed by atoms with Crippen LogP contribution in [-0.4, -0.2) is 0 Å². The molecule has 0 nitrogen and oxygen atoms in total. The van der Waals surface area contributed by atoms with Crippen LogP contribution in [0, 0.1) is 11.8 Å². The smallest absolute Gasteiger partial charge is 0.0353 e. The largest absolute Gasteiger partial charge is 0.103 e. The van der Waals surface area contributed by atoms with E-state index in [0.29, 0.717) is 0 Å². The molecule has 0 aromatic carbocycles. The van der Waals surface area contributed by atoms with Crippen molar-refractivity contribution in [3.8, 4) is 0 Å². The fourth-order valence-corrected chi connectivity index (χ4v) is 3.51. The van der Waals surface area contributed by atoms with E-state index in [4.69, 9.17) is 0 Å². The summed E-state index contributed by atoms with van der Waals surface area (Å²) in [6, 6.07) is 0. The Kier molecular flexibility index (Phi) is 16.9. The van der Waals surface area contributed by atoms with Crippen molar-refractivity contribution in [3.05, 3.63) is 12.7 Å². The summed E-state index contributed by atoms with van der Waals surface area (Å²) in [5.41, 5.74) is 0. The Bertz CT molecular complexity index is 218. The van der Waals surface area contributed by atoms with Gasteiger partial charge in [-0.15, -0.1) is 6.58 Å². The number of allylic oxidation sites excluding steroid dienone is 1. The molecule has 2 atom stereocenters. The molecule has 0 amide bonds. The number of hydrogen-bond donors (Lipinski definition) is 0. The van der Waals surface area contributed by atoms with Crippen LogP contribution in [0.4, 0.5) is 0 Å². The second kappa shape index (κ2) is 17.1. The Balaban J connectivity index is 3.27. The van der Waals surface area contributed by atoms with Crippen molar-refractivity contribution in [1.82, 2.24) is 0 Å². The lowest BCUT2D eigenvalue weighted by Gasteiger charge is -2.17. The summed E-state index contributed by atoms with van der Waals surface area (Å²) in [5, 5.41) is 0. The molecule has 0 heteroatoms. The first-order valence-electron chi connectivity index (χ1n) is 10.3. The van der Waals surface area contributed by atoms with Gasteiger partial charge in [-0.2, -0.15) is 0 Å². The zero-order valence-electron chi connectivity index (χ0n) is 16.0. The van der Waals surface area contributed by atoms with Gasteiger partial charge >= 0.3 is 0 Å². The maximum absolute atomic E-state index is 3.78. The van der Waals surface area contributed by atoms with Crippen molar-refractivity contribution >= 4 is 0 Å². The molecular weight excluding hydrogens is 264 g/mol. The summed E-state index contributed by atoms with van der Waals surface area (Å²) >= 11 is 0. The summed E-state index contributed by atoms with van der Waals surface area (Å²) in [6.45, 7) is 11.0. The van der Waals surface area contributed by atoms with E-state index in [2.05, 4.69) is 27.4 Å². The van der Waals surface area contributed by atoms with Crippen molar-refractivity contribution in [3.63, 3.8) is 0 Å². The van der Waals surface area contributed by atoms with E-state index in [1.54, 1.807) is 0 Å². The normalized spacial score (nSPS) is 14.0. The third kappa shape index (κ3) is 16.1. The number of unbranched alkanes of at least 4 members (excludes halogenated alkanes) is 10. The molecule has 0 aromatic heterocycles. The Morgan fingerprint density at radius 3 is 1.64 bits per heavy atom. The molecule has 132 valence electrons. The highest BCUT2D eigenvalue weighted by atomic mass is 14.1. The first-order valence-corrected chi connectivity index (χ1v) is 10.3. The van der Waals surface area contributed by atoms with Crippen LogP contribution < -0.4 is 0 Å². The second-order valence-electron chi connectivity index (χ2n) is 7.64. The zero-order valence-corrected chi connectivity index (χ0v) is 16.0. The van der Waals surface area contributed by atoms with Crippen LogP contribution >= 0.6 is 0 Å². The van der Waals surface area contributed by atoms with Gasteiger partial charge in [0.1, 0.15) is 0 Å². The van der Waals surface area contributed by atoms with Gasteiger partial charge in [0, 0.05) is 0 Å². The molecule has 0 aliphatic carbocycles. The Morgan fingerprint density at radius 1 is 0.682 bits per heavy atom. The maximum atomic E-state index is 3.78. The van der Waals surface area contributed by atoms with Crippen LogP contribution in [0.5, 0.6) is 0 Å². The fraction of sp³-hybridized carbons (Fsp3) is 0.909. The SMILES string of the molecule is C=CCCCCCCCCCCC(C)CC(C)CCCCC. The van der Waals surface area contributed by atoms with Crippen LogP contribution in [0.3, 0.4) is 0 Å². The lowest BCUT2D eigenvalue weighted by atomic mass is 9.89. The van der Waals surface area contributed by atoms with E-state index >= 15 is 0 Å². The molecular formula is C22H44. The van der Waals surface area contributed by atoms with Gasteiger partial charge in [-0.25, -0.2) is 0 Å². The van der Waals surface area contributed by atoms with Gasteiger partial charge in [-0.3, -0.25) is 0 Å². The maximum Gasteiger partial charge on any atom is -0.0353 e. The van der Waals surface area contributed by atoms with Crippen LogP contribution in [0.2, 0.25) is 0 Å². The van der Waals surface area contributed by atoms with Crippen molar-refractivity contribution in [2.24, 2.45) is 11.8 Å². The van der Waals surface area contributed by atoms with Gasteiger partial charge < -0.3 is 0 Å². The standard InChI is InChI=1S/C22H44/c1-5-7-9-10-11-12-13-14-15-17-19-22(4)20-21(3)18-16-8-6-2/h5,21-22H,1,6-20H2,2-4H3. The summed E-state index contributed by atoms with van der Waals surface area (Å²) in [7, 11) is 0. The van der Waals surface area contributed by atoms with Crippen molar-refractivity contribution in [2.75, 3.05) is 0 Å². The molecule has 0 saturated carbocycles. The number of rotatable bonds is 17. The van der Waals surface area contributed by atoms with E-state index < -0.39 is 0 Å². The summed E-state index contributed by atoms with van der Waals surface area (Å²) in [5.74, 6) is 1.88. The summed E-state index contributed by atoms with van der Waals surface area (Å²) in [4.78, 5) is 0. The van der Waals surface area contributed by atoms with Gasteiger partial charge in [-0.1, -0.05) is 104 Å². The minimum absolute atomic E-state index is 0.940. The van der Waals surface area contributed by atoms with Gasteiger partial charge in [0.15, 0.2) is 0 Å². The lowest BCUT2D eigenvalue weighted by Crippen LogP contribution is -2.03. The zero-order chi connectivity index (χ0) is 16.5. The first kappa shape index (κ1) is 21.7. The van der Waals surface area contributed by atoms with E-state index in [0.717, 1.165) is 11.8 Å². The molecule has 0 radical (unpaired) electrons.